The van der Waals surface area contributed by atoms with Crippen molar-refractivity contribution in [1.29, 1.82) is 0 Å². The summed E-state index contributed by atoms with van der Waals surface area (Å²) in [5.74, 6) is 0.628. The monoisotopic (exact) mass is 265 g/mol. The summed E-state index contributed by atoms with van der Waals surface area (Å²) in [6, 6.07) is 5.42. The van der Waals surface area contributed by atoms with Gasteiger partial charge in [0.2, 0.25) is 0 Å². The van der Waals surface area contributed by atoms with E-state index < -0.39 is 0 Å². The second-order valence-electron chi connectivity index (χ2n) is 4.58. The van der Waals surface area contributed by atoms with Gasteiger partial charge >= 0.3 is 5.97 Å². The minimum Gasteiger partial charge on any atom is -0.494 e. The summed E-state index contributed by atoms with van der Waals surface area (Å²) >= 11 is 0. The van der Waals surface area contributed by atoms with E-state index in [4.69, 9.17) is 9.47 Å². The number of aryl methyl sites for hydroxylation is 1. The Hall–Kier alpha value is -1.55. The van der Waals surface area contributed by atoms with Crippen LogP contribution >= 0.6 is 0 Å². The highest BCUT2D eigenvalue weighted by molar-refractivity contribution is 5.77. The molecule has 0 spiro atoms. The Balaban J connectivity index is 3.03. The molecule has 1 atom stereocenters. The van der Waals surface area contributed by atoms with E-state index in [2.05, 4.69) is 0 Å². The van der Waals surface area contributed by atoms with Crippen molar-refractivity contribution in [3.8, 4) is 5.75 Å². The molecule has 0 N–H and O–H groups in total. The number of hydrogen-bond donors (Lipinski definition) is 0. The van der Waals surface area contributed by atoms with E-state index in [0.717, 1.165) is 16.9 Å². The van der Waals surface area contributed by atoms with Gasteiger partial charge in [0.25, 0.3) is 0 Å². The predicted molar refractivity (Wildman–Crippen MR) is 75.4 cm³/mol. The fourth-order valence-corrected chi connectivity index (χ4v) is 2.03. The van der Waals surface area contributed by atoms with Gasteiger partial charge in [0, 0.05) is 0 Å². The quantitative estimate of drug-likeness (QED) is 0.741. The van der Waals surface area contributed by atoms with Gasteiger partial charge in [-0.3, -0.25) is 4.90 Å². The minimum absolute atomic E-state index is 0.226. The average Bonchev–Trinajstić information content (AvgIpc) is 2.33. The lowest BCUT2D eigenvalue weighted by atomic mass is 10.0. The molecule has 1 aromatic rings. The molecular formula is C15H23NO3. The van der Waals surface area contributed by atoms with Crippen LogP contribution in [0.3, 0.4) is 0 Å². The normalized spacial score (nSPS) is 12.3. The summed E-state index contributed by atoms with van der Waals surface area (Å²) in [4.78, 5) is 13.9. The van der Waals surface area contributed by atoms with E-state index in [1.165, 1.54) is 0 Å². The summed E-state index contributed by atoms with van der Waals surface area (Å²) in [6.45, 7) is 6.77. The third-order valence-electron chi connectivity index (χ3n) is 2.84. The van der Waals surface area contributed by atoms with Gasteiger partial charge in [-0.2, -0.15) is 0 Å². The SMILES string of the molecule is CCOC(=O)C(c1ccc(OCC)c(C)c1)N(C)C. The first-order valence-corrected chi connectivity index (χ1v) is 6.57. The third-order valence-corrected chi connectivity index (χ3v) is 2.84. The van der Waals surface area contributed by atoms with Crippen molar-refractivity contribution in [2.45, 2.75) is 26.8 Å². The Labute approximate surface area is 115 Å². The van der Waals surface area contributed by atoms with Crippen molar-refractivity contribution < 1.29 is 14.3 Å². The zero-order chi connectivity index (χ0) is 14.4. The fraction of sp³-hybridized carbons (Fsp3) is 0.533. The van der Waals surface area contributed by atoms with Crippen LogP contribution in [0.2, 0.25) is 0 Å². The van der Waals surface area contributed by atoms with Crippen molar-refractivity contribution in [3.05, 3.63) is 29.3 Å². The molecule has 0 heterocycles. The molecule has 1 unspecified atom stereocenters. The third kappa shape index (κ3) is 3.96. The van der Waals surface area contributed by atoms with E-state index in [9.17, 15) is 4.79 Å². The molecule has 4 nitrogen and oxygen atoms in total. The maximum absolute atomic E-state index is 12.0. The zero-order valence-corrected chi connectivity index (χ0v) is 12.4. The lowest BCUT2D eigenvalue weighted by Crippen LogP contribution is -2.29. The zero-order valence-electron chi connectivity index (χ0n) is 12.4. The Morgan fingerprint density at radius 1 is 1.26 bits per heavy atom. The van der Waals surface area contributed by atoms with Crippen molar-refractivity contribution in [3.63, 3.8) is 0 Å². The molecule has 0 saturated carbocycles. The lowest BCUT2D eigenvalue weighted by molar-refractivity contribution is -0.148. The van der Waals surface area contributed by atoms with Crippen molar-refractivity contribution in [2.75, 3.05) is 27.3 Å². The van der Waals surface area contributed by atoms with Crippen LogP contribution in [-0.4, -0.2) is 38.2 Å². The van der Waals surface area contributed by atoms with Gasteiger partial charge in [-0.05, 0) is 52.1 Å². The first-order chi connectivity index (χ1) is 9.01. The van der Waals surface area contributed by atoms with Gasteiger partial charge in [-0.1, -0.05) is 12.1 Å². The van der Waals surface area contributed by atoms with Crippen LogP contribution < -0.4 is 4.74 Å². The van der Waals surface area contributed by atoms with Gasteiger partial charge < -0.3 is 9.47 Å². The highest BCUT2D eigenvalue weighted by atomic mass is 16.5. The van der Waals surface area contributed by atoms with E-state index in [-0.39, 0.29) is 12.0 Å². The molecular weight excluding hydrogens is 242 g/mol. The second kappa shape index (κ2) is 7.14. The van der Waals surface area contributed by atoms with Crippen molar-refractivity contribution in [1.82, 2.24) is 4.90 Å². The van der Waals surface area contributed by atoms with E-state index >= 15 is 0 Å². The molecule has 0 fully saturated rings. The van der Waals surface area contributed by atoms with E-state index in [0.29, 0.717) is 13.2 Å². The summed E-state index contributed by atoms with van der Waals surface area (Å²) in [5.41, 5.74) is 1.94. The maximum Gasteiger partial charge on any atom is 0.327 e. The molecule has 1 rings (SSSR count). The lowest BCUT2D eigenvalue weighted by Gasteiger charge is -2.23. The number of benzene rings is 1. The van der Waals surface area contributed by atoms with Gasteiger partial charge in [-0.25, -0.2) is 4.79 Å². The van der Waals surface area contributed by atoms with Gasteiger partial charge in [0.15, 0.2) is 0 Å². The smallest absolute Gasteiger partial charge is 0.327 e. The fourth-order valence-electron chi connectivity index (χ4n) is 2.03. The molecule has 0 radical (unpaired) electrons. The van der Waals surface area contributed by atoms with Crippen LogP contribution in [0.4, 0.5) is 0 Å². The number of ether oxygens (including phenoxy) is 2. The number of esters is 1. The topological polar surface area (TPSA) is 38.8 Å². The number of carbonyl (C=O) groups excluding carboxylic acids is 1. The maximum atomic E-state index is 12.0. The molecule has 4 heteroatoms. The molecule has 0 bridgehead atoms. The Kier molecular flexibility index (Phi) is 5.83. The van der Waals surface area contributed by atoms with Crippen LogP contribution in [0.1, 0.15) is 31.0 Å². The number of hydrogen-bond acceptors (Lipinski definition) is 4. The summed E-state index contributed by atoms with van der Waals surface area (Å²) in [6.07, 6.45) is 0. The molecule has 0 amide bonds. The Morgan fingerprint density at radius 3 is 2.42 bits per heavy atom. The van der Waals surface area contributed by atoms with Crippen LogP contribution in [0.5, 0.6) is 5.75 Å². The summed E-state index contributed by atoms with van der Waals surface area (Å²) in [5, 5.41) is 0. The highest BCUT2D eigenvalue weighted by Crippen LogP contribution is 2.26. The Bertz CT molecular complexity index is 429. The first kappa shape index (κ1) is 15.5. The first-order valence-electron chi connectivity index (χ1n) is 6.57. The number of rotatable bonds is 6. The highest BCUT2D eigenvalue weighted by Gasteiger charge is 2.24. The van der Waals surface area contributed by atoms with Gasteiger partial charge in [0.05, 0.1) is 13.2 Å². The molecule has 19 heavy (non-hydrogen) atoms. The number of likely N-dealkylation sites (N-methyl/N-ethyl adjacent to an activating group) is 1. The van der Waals surface area contributed by atoms with Crippen LogP contribution in [0.15, 0.2) is 18.2 Å². The van der Waals surface area contributed by atoms with Crippen molar-refractivity contribution >= 4 is 5.97 Å². The Morgan fingerprint density at radius 2 is 1.95 bits per heavy atom. The number of nitrogens with zero attached hydrogens (tertiary/aromatic N) is 1. The molecule has 0 saturated heterocycles. The molecule has 0 aliphatic carbocycles. The standard InChI is InChI=1S/C15H23NO3/c1-6-18-13-9-8-12(10-11(13)3)14(16(4)5)15(17)19-7-2/h8-10,14H,6-7H2,1-5H3. The largest absolute Gasteiger partial charge is 0.494 e. The van der Waals surface area contributed by atoms with E-state index in [1.54, 1.807) is 0 Å². The minimum atomic E-state index is -0.380. The molecule has 0 aliphatic rings. The second-order valence-corrected chi connectivity index (χ2v) is 4.58. The van der Waals surface area contributed by atoms with Crippen molar-refractivity contribution in [2.24, 2.45) is 0 Å². The summed E-state index contributed by atoms with van der Waals surface area (Å²) < 4.78 is 10.6. The number of carbonyl (C=O) groups is 1. The van der Waals surface area contributed by atoms with Crippen LogP contribution in [0, 0.1) is 6.92 Å². The molecule has 106 valence electrons. The van der Waals surface area contributed by atoms with Crippen LogP contribution in [0.25, 0.3) is 0 Å². The average molecular weight is 265 g/mol. The summed E-state index contributed by atoms with van der Waals surface area (Å²) in [7, 11) is 3.74. The predicted octanol–water partition coefficient (Wildman–Crippen LogP) is 2.56. The molecule has 0 aliphatic heterocycles. The van der Waals surface area contributed by atoms with E-state index in [1.807, 2.05) is 58.0 Å². The van der Waals surface area contributed by atoms with Gasteiger partial charge in [0.1, 0.15) is 11.8 Å². The van der Waals surface area contributed by atoms with Gasteiger partial charge in [-0.15, -0.1) is 0 Å². The van der Waals surface area contributed by atoms with Crippen LogP contribution in [-0.2, 0) is 9.53 Å². The molecule has 1 aromatic carbocycles. The molecule has 0 aromatic heterocycles.